The normalized spacial score (nSPS) is 12.3. The number of thioether (sulfide) groups is 1. The highest BCUT2D eigenvalue weighted by molar-refractivity contribution is 8.00. The van der Waals surface area contributed by atoms with Gasteiger partial charge in [0, 0.05) is 22.2 Å². The van der Waals surface area contributed by atoms with Crippen molar-refractivity contribution in [2.75, 3.05) is 5.32 Å². The van der Waals surface area contributed by atoms with Crippen molar-refractivity contribution in [1.82, 2.24) is 19.7 Å². The van der Waals surface area contributed by atoms with Gasteiger partial charge in [-0.05, 0) is 56.3 Å². The van der Waals surface area contributed by atoms with Crippen LogP contribution in [0.15, 0.2) is 47.6 Å². The first-order chi connectivity index (χ1) is 14.4. The molecule has 0 saturated carbocycles. The van der Waals surface area contributed by atoms with Gasteiger partial charge in [0.1, 0.15) is 0 Å². The molecule has 6 nitrogen and oxygen atoms in total. The summed E-state index contributed by atoms with van der Waals surface area (Å²) in [6, 6.07) is 12.9. The standard InChI is InChI=1S/C20H17Cl2N5OS2/c1-3-27-17(12-4-6-13(21)7-5-12)25-26-20(27)29-11(2)18(28)24-19-23-15-9-8-14(22)10-16(15)30-19/h4-11H,3H2,1-2H3,(H,23,24,28)/t11-/m1/s1. The maximum atomic E-state index is 12.7. The molecule has 2 aromatic heterocycles. The number of nitrogens with zero attached hydrogens (tertiary/aromatic N) is 4. The van der Waals surface area contributed by atoms with Crippen LogP contribution >= 0.6 is 46.3 Å². The van der Waals surface area contributed by atoms with Gasteiger partial charge in [-0.1, -0.05) is 46.3 Å². The van der Waals surface area contributed by atoms with Crippen LogP contribution in [0.1, 0.15) is 13.8 Å². The summed E-state index contributed by atoms with van der Waals surface area (Å²) in [6.07, 6.45) is 0. The van der Waals surface area contributed by atoms with Gasteiger partial charge in [0.05, 0.1) is 15.5 Å². The molecule has 154 valence electrons. The van der Waals surface area contributed by atoms with Crippen molar-refractivity contribution in [2.24, 2.45) is 0 Å². The number of amides is 1. The van der Waals surface area contributed by atoms with Gasteiger partial charge >= 0.3 is 0 Å². The van der Waals surface area contributed by atoms with E-state index < -0.39 is 0 Å². The first kappa shape index (κ1) is 21.1. The van der Waals surface area contributed by atoms with Gasteiger partial charge in [-0.25, -0.2) is 4.98 Å². The van der Waals surface area contributed by atoms with E-state index in [9.17, 15) is 4.79 Å². The molecular weight excluding hydrogens is 461 g/mol. The molecule has 2 aromatic carbocycles. The van der Waals surface area contributed by atoms with Crippen molar-refractivity contribution in [3.05, 3.63) is 52.5 Å². The lowest BCUT2D eigenvalue weighted by Crippen LogP contribution is -2.22. The molecule has 0 aliphatic carbocycles. The second kappa shape index (κ2) is 8.93. The summed E-state index contributed by atoms with van der Waals surface area (Å²) in [5.74, 6) is 0.594. The van der Waals surface area contributed by atoms with Crippen LogP contribution in [0.3, 0.4) is 0 Å². The molecule has 1 N–H and O–H groups in total. The van der Waals surface area contributed by atoms with E-state index in [-0.39, 0.29) is 11.2 Å². The third-order valence-corrected chi connectivity index (χ3v) is 6.87. The molecular formula is C20H17Cl2N5OS2. The zero-order valence-corrected chi connectivity index (χ0v) is 19.2. The van der Waals surface area contributed by atoms with Crippen molar-refractivity contribution in [3.63, 3.8) is 0 Å². The second-order valence-electron chi connectivity index (χ2n) is 6.44. The van der Waals surface area contributed by atoms with Crippen LogP contribution in [0.25, 0.3) is 21.6 Å². The molecule has 0 bridgehead atoms. The first-order valence-corrected chi connectivity index (χ1v) is 11.6. The Labute approximate surface area is 191 Å². The number of carbonyl (C=O) groups excluding carboxylic acids is 1. The Morgan fingerprint density at radius 1 is 1.17 bits per heavy atom. The van der Waals surface area contributed by atoms with Crippen molar-refractivity contribution < 1.29 is 4.79 Å². The molecule has 0 fully saturated rings. The Kier molecular flexibility index (Phi) is 6.29. The molecule has 0 unspecified atom stereocenters. The van der Waals surface area contributed by atoms with Gasteiger partial charge in [0.25, 0.3) is 0 Å². The first-order valence-electron chi connectivity index (χ1n) is 9.17. The van der Waals surface area contributed by atoms with E-state index in [1.54, 1.807) is 6.07 Å². The topological polar surface area (TPSA) is 72.7 Å². The molecule has 30 heavy (non-hydrogen) atoms. The molecule has 2 heterocycles. The summed E-state index contributed by atoms with van der Waals surface area (Å²) in [7, 11) is 0. The van der Waals surface area contributed by atoms with Gasteiger partial charge < -0.3 is 9.88 Å². The summed E-state index contributed by atoms with van der Waals surface area (Å²) in [5.41, 5.74) is 1.73. The fourth-order valence-corrected chi connectivity index (χ4v) is 5.03. The number of anilines is 1. The molecule has 1 atom stereocenters. The molecule has 10 heteroatoms. The molecule has 0 aliphatic rings. The molecule has 1 amide bonds. The Morgan fingerprint density at radius 3 is 2.63 bits per heavy atom. The lowest BCUT2D eigenvalue weighted by Gasteiger charge is -2.11. The summed E-state index contributed by atoms with van der Waals surface area (Å²) in [6.45, 7) is 4.53. The Hall–Kier alpha value is -2.13. The minimum atomic E-state index is -0.381. The third-order valence-electron chi connectivity index (χ3n) is 4.37. The van der Waals surface area contributed by atoms with Crippen molar-refractivity contribution in [3.8, 4) is 11.4 Å². The lowest BCUT2D eigenvalue weighted by atomic mass is 10.2. The maximum Gasteiger partial charge on any atom is 0.239 e. The smallest absolute Gasteiger partial charge is 0.239 e. The van der Waals surface area contributed by atoms with Gasteiger partial charge in [-0.2, -0.15) is 0 Å². The molecule has 4 rings (SSSR count). The number of nitrogens with one attached hydrogen (secondary N) is 1. The zero-order chi connectivity index (χ0) is 21.3. The number of halogens is 2. The van der Waals surface area contributed by atoms with Crippen LogP contribution in [0.5, 0.6) is 0 Å². The number of carbonyl (C=O) groups is 1. The van der Waals surface area contributed by atoms with Crippen molar-refractivity contribution in [1.29, 1.82) is 0 Å². The maximum absolute atomic E-state index is 12.7. The van der Waals surface area contributed by atoms with Crippen molar-refractivity contribution >= 4 is 67.6 Å². The highest BCUT2D eigenvalue weighted by Gasteiger charge is 2.21. The molecule has 0 saturated heterocycles. The van der Waals surface area contributed by atoms with Gasteiger partial charge in [0.15, 0.2) is 16.1 Å². The molecule has 4 aromatic rings. The molecule has 0 aliphatic heterocycles. The second-order valence-corrected chi connectivity index (χ2v) is 9.65. The number of fused-ring (bicyclic) bond motifs is 1. The van der Waals surface area contributed by atoms with Gasteiger partial charge in [0.2, 0.25) is 5.91 Å². The average Bonchev–Trinajstić information content (AvgIpc) is 3.31. The van der Waals surface area contributed by atoms with Gasteiger partial charge in [-0.3, -0.25) is 4.79 Å². The van der Waals surface area contributed by atoms with Crippen LogP contribution < -0.4 is 5.32 Å². The van der Waals surface area contributed by atoms with Crippen LogP contribution in [-0.2, 0) is 11.3 Å². The van der Waals surface area contributed by atoms with Crippen LogP contribution in [-0.4, -0.2) is 30.9 Å². The summed E-state index contributed by atoms with van der Waals surface area (Å²) in [5, 5.41) is 13.6. The quantitative estimate of drug-likeness (QED) is 0.344. The highest BCUT2D eigenvalue weighted by atomic mass is 35.5. The average molecular weight is 478 g/mol. The minimum Gasteiger partial charge on any atom is -0.302 e. The Balaban J connectivity index is 1.49. The fourth-order valence-electron chi connectivity index (χ4n) is 2.84. The largest absolute Gasteiger partial charge is 0.302 e. The highest BCUT2D eigenvalue weighted by Crippen LogP contribution is 2.30. The Bertz CT molecular complexity index is 1210. The van der Waals surface area contributed by atoms with E-state index in [4.69, 9.17) is 23.2 Å². The van der Waals surface area contributed by atoms with E-state index in [1.165, 1.54) is 23.1 Å². The van der Waals surface area contributed by atoms with Crippen molar-refractivity contribution in [2.45, 2.75) is 30.8 Å². The summed E-state index contributed by atoms with van der Waals surface area (Å²) < 4.78 is 2.91. The number of aromatic nitrogens is 4. The molecule has 0 spiro atoms. The summed E-state index contributed by atoms with van der Waals surface area (Å²) in [4.78, 5) is 17.2. The monoisotopic (exact) mass is 477 g/mol. The predicted molar refractivity (Wildman–Crippen MR) is 125 cm³/mol. The van der Waals surface area contributed by atoms with Crippen LogP contribution in [0.4, 0.5) is 5.13 Å². The SMILES string of the molecule is CCn1c(S[C@H](C)C(=O)Nc2nc3ccc(Cl)cc3s2)nnc1-c1ccc(Cl)cc1. The summed E-state index contributed by atoms with van der Waals surface area (Å²) >= 11 is 14.8. The lowest BCUT2D eigenvalue weighted by molar-refractivity contribution is -0.115. The van der Waals surface area contributed by atoms with E-state index in [1.807, 2.05) is 54.8 Å². The number of thiazole rings is 1. The number of benzene rings is 2. The van der Waals surface area contributed by atoms with Crippen LogP contribution in [0.2, 0.25) is 10.0 Å². The predicted octanol–water partition coefficient (Wildman–Crippen LogP) is 6.00. The number of hydrogen-bond acceptors (Lipinski definition) is 6. The van der Waals surface area contributed by atoms with Crippen LogP contribution in [0, 0.1) is 0 Å². The number of hydrogen-bond donors (Lipinski definition) is 1. The zero-order valence-electron chi connectivity index (χ0n) is 16.1. The number of rotatable bonds is 6. The van der Waals surface area contributed by atoms with E-state index in [2.05, 4.69) is 20.5 Å². The Morgan fingerprint density at radius 2 is 1.90 bits per heavy atom. The minimum absolute atomic E-state index is 0.149. The van der Waals surface area contributed by atoms with Gasteiger partial charge in [-0.15, -0.1) is 10.2 Å². The fraction of sp³-hybridized carbons (Fsp3) is 0.200. The van der Waals surface area contributed by atoms with E-state index in [0.717, 1.165) is 21.6 Å². The van der Waals surface area contributed by atoms with E-state index in [0.29, 0.717) is 26.9 Å². The molecule has 0 radical (unpaired) electrons. The third kappa shape index (κ3) is 4.46. The van der Waals surface area contributed by atoms with E-state index >= 15 is 0 Å².